The van der Waals surface area contributed by atoms with E-state index >= 15 is 0 Å². The van der Waals surface area contributed by atoms with Gasteiger partial charge in [0.25, 0.3) is 0 Å². The Hall–Kier alpha value is -6.35. The average molecular weight is 893 g/mol. The third-order valence-corrected chi connectivity index (χ3v) is 10.8. The number of carbonyl (C=O) groups is 1. The molecule has 0 spiro atoms. The average Bonchev–Trinajstić information content (AvgIpc) is 3.28. The lowest BCUT2D eigenvalue weighted by molar-refractivity contribution is -0.139. The highest BCUT2D eigenvalue weighted by molar-refractivity contribution is 6.32. The predicted molar refractivity (Wildman–Crippen MR) is 242 cm³/mol. The van der Waals surface area contributed by atoms with Crippen molar-refractivity contribution < 1.29 is 39.1 Å². The molecule has 13 nitrogen and oxygen atoms in total. The molecule has 4 aromatic carbocycles. The maximum Gasteiger partial charge on any atom is 0.306 e. The highest BCUT2D eigenvalue weighted by atomic mass is 35.5. The summed E-state index contributed by atoms with van der Waals surface area (Å²) in [6.45, 7) is 4.81. The molecular formula is C48H47Cl2N5O8. The molecule has 0 saturated carbocycles. The lowest BCUT2D eigenvalue weighted by Crippen LogP contribution is -2.28. The van der Waals surface area contributed by atoms with E-state index in [1.54, 1.807) is 61.2 Å². The van der Waals surface area contributed by atoms with Crippen LogP contribution in [0.2, 0.25) is 10.0 Å². The first-order valence-electron chi connectivity index (χ1n) is 19.9. The van der Waals surface area contributed by atoms with E-state index in [2.05, 4.69) is 27.4 Å². The van der Waals surface area contributed by atoms with Crippen molar-refractivity contribution in [3.63, 3.8) is 0 Å². The number of benzene rings is 4. The molecule has 0 radical (unpaired) electrons. The summed E-state index contributed by atoms with van der Waals surface area (Å²) in [6.07, 6.45) is 7.44. The third kappa shape index (κ3) is 12.4. The van der Waals surface area contributed by atoms with Crippen molar-refractivity contribution in [3.05, 3.63) is 163 Å². The Bertz CT molecular complexity index is 2590. The zero-order chi connectivity index (χ0) is 44.9. The molecule has 2 heterocycles. The highest BCUT2D eigenvalue weighted by Crippen LogP contribution is 2.37. The second-order valence-electron chi connectivity index (χ2n) is 14.7. The topological polar surface area (TPSA) is 200 Å². The first-order valence-corrected chi connectivity index (χ1v) is 20.7. The second-order valence-corrected chi connectivity index (χ2v) is 15.5. The third-order valence-electron chi connectivity index (χ3n) is 10.2. The molecule has 1 unspecified atom stereocenters. The van der Waals surface area contributed by atoms with Crippen LogP contribution >= 0.6 is 23.2 Å². The number of carboxylic acid groups (broad SMARTS) is 1. The minimum absolute atomic E-state index is 0.0463. The molecule has 326 valence electrons. The molecule has 15 heteroatoms. The number of aliphatic hydroxyl groups excluding tert-OH is 2. The molecule has 0 aliphatic heterocycles. The SMILES string of the molecule is Cc1c(COc2cc(OCc3cncc(C=N)c3)c(CO)cc2Cl)cccc1-c1cccc(COc2cc(OCc3cncc(C=N)c3)c(CNCC(O)CC(=O)O)cc2Cl)c1C. The maximum absolute atomic E-state index is 11.0. The van der Waals surface area contributed by atoms with E-state index in [9.17, 15) is 15.0 Å². The molecule has 1 atom stereocenters. The van der Waals surface area contributed by atoms with Crippen LogP contribution < -0.4 is 24.3 Å². The van der Waals surface area contributed by atoms with Gasteiger partial charge in [-0.2, -0.15) is 0 Å². The van der Waals surface area contributed by atoms with E-state index in [0.29, 0.717) is 55.3 Å². The molecule has 6 aromatic rings. The Labute approximate surface area is 375 Å². The van der Waals surface area contributed by atoms with Crippen molar-refractivity contribution in [2.45, 2.75) is 66.0 Å². The maximum atomic E-state index is 11.0. The number of rotatable bonds is 22. The van der Waals surface area contributed by atoms with Crippen LogP contribution in [0.15, 0.2) is 97.6 Å². The van der Waals surface area contributed by atoms with Gasteiger partial charge in [-0.3, -0.25) is 14.8 Å². The van der Waals surface area contributed by atoms with Crippen molar-refractivity contribution in [2.75, 3.05) is 6.54 Å². The van der Waals surface area contributed by atoms with Gasteiger partial charge in [-0.05, 0) is 71.5 Å². The molecule has 0 aliphatic carbocycles. The molecule has 0 bridgehead atoms. The first kappa shape index (κ1) is 46.2. The van der Waals surface area contributed by atoms with E-state index in [-0.39, 0.29) is 46.1 Å². The van der Waals surface area contributed by atoms with Crippen molar-refractivity contribution in [1.82, 2.24) is 15.3 Å². The summed E-state index contributed by atoms with van der Waals surface area (Å²) in [4.78, 5) is 19.4. The lowest BCUT2D eigenvalue weighted by atomic mass is 9.92. The Morgan fingerprint density at radius 2 is 1.16 bits per heavy atom. The Balaban J connectivity index is 1.17. The largest absolute Gasteiger partial charge is 0.488 e. The number of pyridine rings is 2. The van der Waals surface area contributed by atoms with Gasteiger partial charge in [0.15, 0.2) is 0 Å². The molecule has 0 aliphatic rings. The molecular weight excluding hydrogens is 845 g/mol. The Morgan fingerprint density at radius 1 is 0.683 bits per heavy atom. The van der Waals surface area contributed by atoms with Gasteiger partial charge in [0.1, 0.15) is 49.4 Å². The standard InChI is InChI=1S/C48H47Cl2N5O8/c1-29-35(27-62-46-14-44(60-25-33-9-31(16-51)18-53-20-33)37(11-42(46)49)22-55-23-39(57)13-48(58)59)5-3-7-40(29)41-8-4-6-36(30(41)2)28-63-47-15-45(38(24-56)12-43(47)50)61-26-34-10-32(17-52)19-54-21-34/h3-12,14-21,39,51-52,55-57H,13,22-28H2,1-2H3,(H,58,59). The summed E-state index contributed by atoms with van der Waals surface area (Å²) in [5.41, 5.74) is 9.91. The van der Waals surface area contributed by atoms with Crippen LogP contribution in [0.1, 0.15) is 62.1 Å². The summed E-state index contributed by atoms with van der Waals surface area (Å²) in [7, 11) is 0. The number of aliphatic hydroxyl groups is 2. The number of carboxylic acids is 1. The van der Waals surface area contributed by atoms with E-state index in [1.165, 1.54) is 12.4 Å². The smallest absolute Gasteiger partial charge is 0.306 e. The number of nitrogens with one attached hydrogen (secondary N) is 3. The summed E-state index contributed by atoms with van der Waals surface area (Å²) in [5, 5.41) is 47.9. The van der Waals surface area contributed by atoms with Gasteiger partial charge in [-0.1, -0.05) is 59.6 Å². The zero-order valence-electron chi connectivity index (χ0n) is 34.7. The number of halogens is 2. The molecule has 0 amide bonds. The van der Waals surface area contributed by atoms with Crippen LogP contribution in [0.4, 0.5) is 0 Å². The normalized spacial score (nSPS) is 11.5. The van der Waals surface area contributed by atoms with Gasteiger partial charge in [0.05, 0.1) is 29.2 Å². The van der Waals surface area contributed by atoms with Crippen molar-refractivity contribution in [1.29, 1.82) is 10.8 Å². The van der Waals surface area contributed by atoms with Crippen LogP contribution in [-0.4, -0.2) is 56.3 Å². The van der Waals surface area contributed by atoms with E-state index in [0.717, 1.165) is 44.5 Å². The van der Waals surface area contributed by atoms with E-state index in [4.69, 9.17) is 58.1 Å². The minimum Gasteiger partial charge on any atom is -0.488 e. The summed E-state index contributed by atoms with van der Waals surface area (Å²) in [5.74, 6) is 0.578. The van der Waals surface area contributed by atoms with Gasteiger partial charge in [-0.25, -0.2) is 0 Å². The van der Waals surface area contributed by atoms with Gasteiger partial charge in [0, 0.05) is 95.8 Å². The van der Waals surface area contributed by atoms with E-state index < -0.39 is 18.5 Å². The highest BCUT2D eigenvalue weighted by Gasteiger charge is 2.17. The van der Waals surface area contributed by atoms with Crippen molar-refractivity contribution in [3.8, 4) is 34.1 Å². The van der Waals surface area contributed by atoms with Gasteiger partial charge < -0.3 is 50.4 Å². The number of ether oxygens (including phenoxy) is 4. The van der Waals surface area contributed by atoms with Crippen LogP contribution in [-0.2, 0) is 44.4 Å². The Morgan fingerprint density at radius 3 is 1.63 bits per heavy atom. The lowest BCUT2D eigenvalue weighted by Gasteiger charge is -2.19. The number of nitrogens with zero attached hydrogens (tertiary/aromatic N) is 2. The summed E-state index contributed by atoms with van der Waals surface area (Å²) >= 11 is 13.4. The predicted octanol–water partition coefficient (Wildman–Crippen LogP) is 8.80. The van der Waals surface area contributed by atoms with Crippen molar-refractivity contribution >= 4 is 41.6 Å². The molecule has 2 aromatic heterocycles. The minimum atomic E-state index is -1.10. The van der Waals surface area contributed by atoms with Crippen molar-refractivity contribution in [2.24, 2.45) is 0 Å². The quantitative estimate of drug-likeness (QED) is 0.0356. The van der Waals surface area contributed by atoms with Crippen LogP contribution in [0.5, 0.6) is 23.0 Å². The van der Waals surface area contributed by atoms with Gasteiger partial charge in [0.2, 0.25) is 0 Å². The summed E-state index contributed by atoms with van der Waals surface area (Å²) < 4.78 is 24.9. The fourth-order valence-corrected chi connectivity index (χ4v) is 7.26. The number of hydrogen-bond acceptors (Lipinski definition) is 12. The van der Waals surface area contributed by atoms with Gasteiger partial charge in [-0.15, -0.1) is 0 Å². The molecule has 6 rings (SSSR count). The molecule has 0 saturated heterocycles. The fraction of sp³-hybridized carbons (Fsp3) is 0.229. The molecule has 63 heavy (non-hydrogen) atoms. The number of aliphatic carboxylic acids is 1. The Kier molecular flexibility index (Phi) is 16.2. The monoisotopic (exact) mass is 891 g/mol. The van der Waals surface area contributed by atoms with Crippen LogP contribution in [0, 0.1) is 24.7 Å². The number of aromatic nitrogens is 2. The van der Waals surface area contributed by atoms with Gasteiger partial charge >= 0.3 is 5.97 Å². The first-order chi connectivity index (χ1) is 30.5. The number of hydrogen-bond donors (Lipinski definition) is 6. The molecule has 0 fully saturated rings. The fourth-order valence-electron chi connectivity index (χ4n) is 6.78. The van der Waals surface area contributed by atoms with E-state index in [1.807, 2.05) is 38.1 Å². The van der Waals surface area contributed by atoms with Crippen LogP contribution in [0.25, 0.3) is 11.1 Å². The zero-order valence-corrected chi connectivity index (χ0v) is 36.2. The second kappa shape index (κ2) is 22.1. The van der Waals surface area contributed by atoms with Crippen LogP contribution in [0.3, 0.4) is 0 Å². The molecule has 6 N–H and O–H groups in total. The summed E-state index contributed by atoms with van der Waals surface area (Å²) in [6, 6.07) is 22.4.